The lowest BCUT2D eigenvalue weighted by molar-refractivity contribution is -0.149. The summed E-state index contributed by atoms with van der Waals surface area (Å²) in [7, 11) is 0. The third-order valence-corrected chi connectivity index (χ3v) is 4.27. The monoisotopic (exact) mass is 368 g/mol. The van der Waals surface area contributed by atoms with Crippen LogP contribution in [0.5, 0.6) is 0 Å². The van der Waals surface area contributed by atoms with Crippen LogP contribution in [0.15, 0.2) is 48.8 Å². The van der Waals surface area contributed by atoms with Crippen molar-refractivity contribution in [1.82, 2.24) is 10.3 Å². The van der Waals surface area contributed by atoms with Gasteiger partial charge in [0, 0.05) is 12.4 Å². The summed E-state index contributed by atoms with van der Waals surface area (Å²) < 4.78 is 5.48. The van der Waals surface area contributed by atoms with Gasteiger partial charge in [0.25, 0.3) is 5.91 Å². The fourth-order valence-corrected chi connectivity index (χ4v) is 2.73. The van der Waals surface area contributed by atoms with Gasteiger partial charge in [-0.1, -0.05) is 38.1 Å². The lowest BCUT2D eigenvalue weighted by Gasteiger charge is -2.18. The van der Waals surface area contributed by atoms with E-state index in [1.807, 2.05) is 19.1 Å². The van der Waals surface area contributed by atoms with Crippen molar-refractivity contribution < 1.29 is 14.3 Å². The van der Waals surface area contributed by atoms with Crippen molar-refractivity contribution in [2.45, 2.75) is 46.1 Å². The SMILES string of the molecule is CC(C)Cc1ccc(C(C)C(=O)OC(C)CNC(=O)c2cccnc2)cc1. The van der Waals surface area contributed by atoms with Gasteiger partial charge < -0.3 is 10.1 Å². The number of rotatable bonds is 8. The van der Waals surface area contributed by atoms with E-state index in [0.29, 0.717) is 11.5 Å². The fourth-order valence-electron chi connectivity index (χ4n) is 2.73. The smallest absolute Gasteiger partial charge is 0.313 e. The number of ether oxygens (including phenoxy) is 1. The van der Waals surface area contributed by atoms with Crippen molar-refractivity contribution in [1.29, 1.82) is 0 Å². The molecule has 0 spiro atoms. The van der Waals surface area contributed by atoms with Gasteiger partial charge in [0.2, 0.25) is 0 Å². The first kappa shape index (κ1) is 20.6. The fraction of sp³-hybridized carbons (Fsp3) is 0.409. The van der Waals surface area contributed by atoms with Crippen LogP contribution in [0, 0.1) is 5.92 Å². The van der Waals surface area contributed by atoms with Gasteiger partial charge in [-0.3, -0.25) is 14.6 Å². The van der Waals surface area contributed by atoms with Gasteiger partial charge in [0.15, 0.2) is 0 Å². The van der Waals surface area contributed by atoms with Crippen molar-refractivity contribution in [2.75, 3.05) is 6.54 Å². The van der Waals surface area contributed by atoms with Crippen molar-refractivity contribution in [3.63, 3.8) is 0 Å². The van der Waals surface area contributed by atoms with E-state index in [4.69, 9.17) is 4.74 Å². The van der Waals surface area contributed by atoms with E-state index in [1.165, 1.54) is 11.8 Å². The molecule has 0 aliphatic rings. The number of amides is 1. The maximum atomic E-state index is 12.4. The topological polar surface area (TPSA) is 68.3 Å². The average Bonchev–Trinajstić information content (AvgIpc) is 2.66. The van der Waals surface area contributed by atoms with E-state index in [1.54, 1.807) is 25.3 Å². The highest BCUT2D eigenvalue weighted by Gasteiger charge is 2.20. The van der Waals surface area contributed by atoms with Gasteiger partial charge >= 0.3 is 5.97 Å². The maximum absolute atomic E-state index is 12.4. The number of hydrogen-bond donors (Lipinski definition) is 1. The van der Waals surface area contributed by atoms with Gasteiger partial charge in [0.05, 0.1) is 18.0 Å². The Bertz CT molecular complexity index is 742. The summed E-state index contributed by atoms with van der Waals surface area (Å²) in [6.07, 6.45) is 3.71. The molecule has 0 saturated heterocycles. The van der Waals surface area contributed by atoms with E-state index in [9.17, 15) is 9.59 Å². The zero-order valence-corrected chi connectivity index (χ0v) is 16.4. The number of carbonyl (C=O) groups excluding carboxylic acids is 2. The van der Waals surface area contributed by atoms with Crippen molar-refractivity contribution in [3.8, 4) is 0 Å². The third-order valence-electron chi connectivity index (χ3n) is 4.27. The number of nitrogens with zero attached hydrogens (tertiary/aromatic N) is 1. The van der Waals surface area contributed by atoms with Crippen LogP contribution in [0.25, 0.3) is 0 Å². The second kappa shape index (κ2) is 9.86. The summed E-state index contributed by atoms with van der Waals surface area (Å²) in [6.45, 7) is 8.21. The van der Waals surface area contributed by atoms with Crippen LogP contribution >= 0.6 is 0 Å². The van der Waals surface area contributed by atoms with Gasteiger partial charge in [-0.2, -0.15) is 0 Å². The van der Waals surface area contributed by atoms with Crippen LogP contribution < -0.4 is 5.32 Å². The summed E-state index contributed by atoms with van der Waals surface area (Å²) in [5.41, 5.74) is 2.67. The summed E-state index contributed by atoms with van der Waals surface area (Å²) in [5.74, 6) is -0.287. The van der Waals surface area contributed by atoms with Crippen LogP contribution in [0.1, 0.15) is 55.1 Å². The molecule has 1 amide bonds. The van der Waals surface area contributed by atoms with Crippen molar-refractivity contribution in [3.05, 3.63) is 65.5 Å². The number of aromatic nitrogens is 1. The zero-order valence-electron chi connectivity index (χ0n) is 16.4. The van der Waals surface area contributed by atoms with Crippen LogP contribution in [-0.4, -0.2) is 29.5 Å². The molecule has 2 atom stereocenters. The normalized spacial score (nSPS) is 13.1. The molecule has 0 radical (unpaired) electrons. The summed E-state index contributed by atoms with van der Waals surface area (Å²) in [5, 5.41) is 2.75. The molecular weight excluding hydrogens is 340 g/mol. The first-order chi connectivity index (χ1) is 12.9. The molecule has 0 fully saturated rings. The molecule has 144 valence electrons. The zero-order chi connectivity index (χ0) is 19.8. The molecule has 5 nitrogen and oxygen atoms in total. The Morgan fingerprint density at radius 1 is 1.07 bits per heavy atom. The van der Waals surface area contributed by atoms with E-state index < -0.39 is 6.10 Å². The number of benzene rings is 1. The molecule has 1 N–H and O–H groups in total. The summed E-state index contributed by atoms with van der Waals surface area (Å²) in [6, 6.07) is 11.5. The molecule has 2 aromatic rings. The molecule has 2 rings (SSSR count). The highest BCUT2D eigenvalue weighted by molar-refractivity contribution is 5.93. The molecule has 27 heavy (non-hydrogen) atoms. The number of hydrogen-bond acceptors (Lipinski definition) is 4. The quantitative estimate of drug-likeness (QED) is 0.721. The lowest BCUT2D eigenvalue weighted by Crippen LogP contribution is -2.34. The van der Waals surface area contributed by atoms with Gasteiger partial charge in [0.1, 0.15) is 6.10 Å². The first-order valence-corrected chi connectivity index (χ1v) is 9.34. The van der Waals surface area contributed by atoms with E-state index in [0.717, 1.165) is 12.0 Å². The Hall–Kier alpha value is -2.69. The average molecular weight is 368 g/mol. The van der Waals surface area contributed by atoms with Crippen molar-refractivity contribution >= 4 is 11.9 Å². The van der Waals surface area contributed by atoms with Crippen LogP contribution in [0.4, 0.5) is 0 Å². The summed E-state index contributed by atoms with van der Waals surface area (Å²) >= 11 is 0. The van der Waals surface area contributed by atoms with E-state index in [-0.39, 0.29) is 24.3 Å². The highest BCUT2D eigenvalue weighted by Crippen LogP contribution is 2.19. The van der Waals surface area contributed by atoms with Crippen molar-refractivity contribution in [2.24, 2.45) is 5.92 Å². The lowest BCUT2D eigenvalue weighted by atomic mass is 9.97. The molecular formula is C22H28N2O3. The van der Waals surface area contributed by atoms with Crippen LogP contribution in [0.3, 0.4) is 0 Å². The van der Waals surface area contributed by atoms with Gasteiger partial charge in [-0.05, 0) is 49.4 Å². The highest BCUT2D eigenvalue weighted by atomic mass is 16.5. The molecule has 1 heterocycles. The Balaban J connectivity index is 1.83. The van der Waals surface area contributed by atoms with Gasteiger partial charge in [-0.15, -0.1) is 0 Å². The molecule has 2 unspecified atom stereocenters. The minimum absolute atomic E-state index is 0.236. The van der Waals surface area contributed by atoms with E-state index >= 15 is 0 Å². The molecule has 5 heteroatoms. The Kier molecular flexibility index (Phi) is 7.53. The number of esters is 1. The molecule has 0 aliphatic heterocycles. The Morgan fingerprint density at radius 2 is 1.78 bits per heavy atom. The molecule has 0 saturated carbocycles. The Labute approximate surface area is 161 Å². The standard InChI is InChI=1S/C22H28N2O3/c1-15(2)12-18-7-9-19(10-8-18)17(4)22(26)27-16(3)13-24-21(25)20-6-5-11-23-14-20/h5-11,14-17H,12-13H2,1-4H3,(H,24,25). The second-order valence-electron chi connectivity index (χ2n) is 7.26. The third kappa shape index (κ3) is 6.51. The predicted molar refractivity (Wildman–Crippen MR) is 106 cm³/mol. The van der Waals surface area contributed by atoms with E-state index in [2.05, 4.69) is 36.3 Å². The minimum Gasteiger partial charge on any atom is -0.460 e. The van der Waals surface area contributed by atoms with Gasteiger partial charge in [-0.25, -0.2) is 0 Å². The molecule has 1 aromatic carbocycles. The largest absolute Gasteiger partial charge is 0.460 e. The molecule has 0 aliphatic carbocycles. The Morgan fingerprint density at radius 3 is 2.37 bits per heavy atom. The number of pyridine rings is 1. The van der Waals surface area contributed by atoms with Crippen LogP contribution in [-0.2, 0) is 16.0 Å². The summed E-state index contributed by atoms with van der Waals surface area (Å²) in [4.78, 5) is 28.3. The first-order valence-electron chi connectivity index (χ1n) is 9.34. The second-order valence-corrected chi connectivity index (χ2v) is 7.26. The molecule has 0 bridgehead atoms. The predicted octanol–water partition coefficient (Wildman–Crippen LogP) is 3.75. The maximum Gasteiger partial charge on any atom is 0.313 e. The number of carbonyl (C=O) groups is 2. The number of nitrogens with one attached hydrogen (secondary N) is 1. The minimum atomic E-state index is -0.416. The van der Waals surface area contributed by atoms with Crippen LogP contribution in [0.2, 0.25) is 0 Å². The molecule has 1 aromatic heterocycles.